The second-order valence-corrected chi connectivity index (χ2v) is 4.98. The fourth-order valence-corrected chi connectivity index (χ4v) is 2.44. The van der Waals surface area contributed by atoms with E-state index in [1.54, 1.807) is 12.1 Å². The van der Waals surface area contributed by atoms with Crippen LogP contribution in [0.15, 0.2) is 12.1 Å². The highest BCUT2D eigenvalue weighted by Crippen LogP contribution is 2.40. The molecule has 0 radical (unpaired) electrons. The lowest BCUT2D eigenvalue weighted by molar-refractivity contribution is -0.127. The molecule has 0 saturated carbocycles. The summed E-state index contributed by atoms with van der Waals surface area (Å²) >= 11 is 0. The lowest BCUT2D eigenvalue weighted by atomic mass is 9.78. The average Bonchev–Trinajstić information content (AvgIpc) is 2.12. The van der Waals surface area contributed by atoms with Crippen LogP contribution in [0.3, 0.4) is 0 Å². The van der Waals surface area contributed by atoms with Gasteiger partial charge in [-0.1, -0.05) is 0 Å². The molecule has 5 nitrogen and oxygen atoms in total. The number of ether oxygens (including phenoxy) is 1. The molecule has 2 fully saturated rings. The third-order valence-corrected chi connectivity index (χ3v) is 3.41. The summed E-state index contributed by atoms with van der Waals surface area (Å²) in [7, 11) is 0. The maximum Gasteiger partial charge on any atom is 0.339 e. The molecular weight excluding hydrogens is 220 g/mol. The van der Waals surface area contributed by atoms with Gasteiger partial charge in [-0.15, -0.1) is 0 Å². The molecule has 3 heterocycles. The maximum atomic E-state index is 11.1. The van der Waals surface area contributed by atoms with Gasteiger partial charge in [0, 0.05) is 18.8 Å². The Morgan fingerprint density at radius 1 is 1.47 bits per heavy atom. The Balaban J connectivity index is 1.87. The molecule has 0 amide bonds. The van der Waals surface area contributed by atoms with Crippen LogP contribution in [0, 0.1) is 12.3 Å². The molecule has 0 bridgehead atoms. The fourth-order valence-electron chi connectivity index (χ4n) is 2.44. The van der Waals surface area contributed by atoms with Crippen LogP contribution in [0.1, 0.15) is 16.1 Å². The first-order valence-corrected chi connectivity index (χ1v) is 5.63. The first kappa shape index (κ1) is 10.5. The number of aryl methyl sites for hydroxylation is 1. The van der Waals surface area contributed by atoms with E-state index in [9.17, 15) is 4.79 Å². The largest absolute Gasteiger partial charge is 0.478 e. The zero-order chi connectivity index (χ0) is 12.0. The molecule has 1 aromatic rings. The monoisotopic (exact) mass is 234 g/mol. The lowest BCUT2D eigenvalue weighted by Crippen LogP contribution is -2.66. The van der Waals surface area contributed by atoms with Crippen molar-refractivity contribution >= 4 is 11.8 Å². The third-order valence-electron chi connectivity index (χ3n) is 3.41. The summed E-state index contributed by atoms with van der Waals surface area (Å²) in [4.78, 5) is 17.5. The Kier molecular flexibility index (Phi) is 2.13. The molecule has 1 N–H and O–H groups in total. The van der Waals surface area contributed by atoms with Crippen molar-refractivity contribution in [2.45, 2.75) is 6.92 Å². The minimum Gasteiger partial charge on any atom is -0.478 e. The van der Waals surface area contributed by atoms with Gasteiger partial charge in [-0.3, -0.25) is 0 Å². The van der Waals surface area contributed by atoms with Gasteiger partial charge in [-0.2, -0.15) is 0 Å². The Morgan fingerprint density at radius 3 is 2.71 bits per heavy atom. The Hall–Kier alpha value is -1.62. The number of hydrogen-bond donors (Lipinski definition) is 1. The third kappa shape index (κ3) is 1.58. The second-order valence-electron chi connectivity index (χ2n) is 4.98. The van der Waals surface area contributed by atoms with E-state index in [-0.39, 0.29) is 11.0 Å². The number of hydrogen-bond acceptors (Lipinski definition) is 4. The molecule has 1 spiro atoms. The van der Waals surface area contributed by atoms with Gasteiger partial charge >= 0.3 is 5.97 Å². The lowest BCUT2D eigenvalue weighted by Gasteiger charge is -2.55. The number of pyridine rings is 1. The van der Waals surface area contributed by atoms with Crippen molar-refractivity contribution in [1.82, 2.24) is 4.98 Å². The summed E-state index contributed by atoms with van der Waals surface area (Å²) in [5.74, 6) is -0.326. The summed E-state index contributed by atoms with van der Waals surface area (Å²) in [6.45, 7) is 5.15. The van der Waals surface area contributed by atoms with Gasteiger partial charge in [0.1, 0.15) is 11.4 Å². The van der Waals surface area contributed by atoms with Crippen molar-refractivity contribution in [3.8, 4) is 0 Å². The summed E-state index contributed by atoms with van der Waals surface area (Å²) in [6, 6.07) is 3.36. The van der Waals surface area contributed by atoms with Gasteiger partial charge in [-0.05, 0) is 19.1 Å². The number of rotatable bonds is 2. The molecule has 0 aromatic carbocycles. The zero-order valence-corrected chi connectivity index (χ0v) is 9.64. The predicted molar refractivity (Wildman–Crippen MR) is 61.4 cm³/mol. The van der Waals surface area contributed by atoms with Crippen LogP contribution in [0.4, 0.5) is 5.82 Å². The number of carbonyl (C=O) groups is 1. The highest BCUT2D eigenvalue weighted by atomic mass is 16.5. The molecule has 5 heteroatoms. The maximum absolute atomic E-state index is 11.1. The quantitative estimate of drug-likeness (QED) is 0.824. The van der Waals surface area contributed by atoms with Gasteiger partial charge in [0.2, 0.25) is 0 Å². The Bertz CT molecular complexity index is 475. The van der Waals surface area contributed by atoms with E-state index in [4.69, 9.17) is 9.84 Å². The number of carboxylic acid groups (broad SMARTS) is 1. The molecule has 90 valence electrons. The Morgan fingerprint density at radius 2 is 2.18 bits per heavy atom. The van der Waals surface area contributed by atoms with Crippen LogP contribution in [0.25, 0.3) is 0 Å². The second kappa shape index (κ2) is 3.43. The molecule has 0 unspecified atom stereocenters. The van der Waals surface area contributed by atoms with E-state index >= 15 is 0 Å². The molecule has 1 aromatic heterocycles. The zero-order valence-electron chi connectivity index (χ0n) is 9.64. The minimum absolute atomic E-state index is 0.265. The van der Waals surface area contributed by atoms with E-state index in [2.05, 4.69) is 4.98 Å². The van der Waals surface area contributed by atoms with E-state index in [1.165, 1.54) is 0 Å². The molecule has 2 aliphatic rings. The molecule has 3 rings (SSSR count). The van der Waals surface area contributed by atoms with Crippen LogP contribution in [-0.2, 0) is 4.74 Å². The van der Waals surface area contributed by atoms with Crippen molar-refractivity contribution < 1.29 is 14.6 Å². The number of carboxylic acids is 1. The van der Waals surface area contributed by atoms with Gasteiger partial charge in [-0.25, -0.2) is 9.78 Å². The average molecular weight is 234 g/mol. The number of aromatic nitrogens is 1. The van der Waals surface area contributed by atoms with Crippen molar-refractivity contribution in [1.29, 1.82) is 0 Å². The predicted octanol–water partition coefficient (Wildman–Crippen LogP) is 0.925. The van der Waals surface area contributed by atoms with Crippen LogP contribution >= 0.6 is 0 Å². The highest BCUT2D eigenvalue weighted by Gasteiger charge is 2.50. The van der Waals surface area contributed by atoms with Gasteiger partial charge in [0.05, 0.1) is 18.6 Å². The van der Waals surface area contributed by atoms with E-state index in [0.717, 1.165) is 32.0 Å². The number of anilines is 1. The molecule has 0 atom stereocenters. The molecule has 2 aliphatic heterocycles. The van der Waals surface area contributed by atoms with Gasteiger partial charge in [0.15, 0.2) is 0 Å². The van der Waals surface area contributed by atoms with Crippen LogP contribution < -0.4 is 4.90 Å². The standard InChI is InChI=1S/C12H14N2O3/c1-8-2-3-9(11(15)16)10(13-8)14-4-12(5-14)6-17-7-12/h2-3H,4-7H2,1H3,(H,15,16). The van der Waals surface area contributed by atoms with Crippen molar-refractivity contribution in [3.63, 3.8) is 0 Å². The topological polar surface area (TPSA) is 62.7 Å². The highest BCUT2D eigenvalue weighted by molar-refractivity contribution is 5.93. The Labute approximate surface area is 99.0 Å². The van der Waals surface area contributed by atoms with Crippen LogP contribution in [0.2, 0.25) is 0 Å². The first-order chi connectivity index (χ1) is 8.10. The number of aromatic carboxylic acids is 1. The van der Waals surface area contributed by atoms with E-state index in [0.29, 0.717) is 5.82 Å². The molecule has 17 heavy (non-hydrogen) atoms. The van der Waals surface area contributed by atoms with Crippen molar-refractivity contribution in [2.24, 2.45) is 5.41 Å². The van der Waals surface area contributed by atoms with Crippen LogP contribution in [-0.4, -0.2) is 42.4 Å². The minimum atomic E-state index is -0.918. The molecule has 0 aliphatic carbocycles. The SMILES string of the molecule is Cc1ccc(C(=O)O)c(N2CC3(COC3)C2)n1. The summed E-state index contributed by atoms with van der Waals surface area (Å²) in [5, 5.41) is 9.13. The van der Waals surface area contributed by atoms with E-state index in [1.807, 2.05) is 11.8 Å². The number of nitrogens with zero attached hydrogens (tertiary/aromatic N) is 2. The smallest absolute Gasteiger partial charge is 0.339 e. The van der Waals surface area contributed by atoms with Gasteiger partial charge < -0.3 is 14.7 Å². The summed E-state index contributed by atoms with van der Waals surface area (Å²) < 4.78 is 5.20. The fraction of sp³-hybridized carbons (Fsp3) is 0.500. The first-order valence-electron chi connectivity index (χ1n) is 5.63. The normalized spacial score (nSPS) is 20.9. The summed E-state index contributed by atoms with van der Waals surface area (Å²) in [5.41, 5.74) is 1.39. The van der Waals surface area contributed by atoms with Crippen molar-refractivity contribution in [2.75, 3.05) is 31.2 Å². The molecular formula is C12H14N2O3. The van der Waals surface area contributed by atoms with Crippen molar-refractivity contribution in [3.05, 3.63) is 23.4 Å². The summed E-state index contributed by atoms with van der Waals surface area (Å²) in [6.07, 6.45) is 0. The van der Waals surface area contributed by atoms with Gasteiger partial charge in [0.25, 0.3) is 0 Å². The van der Waals surface area contributed by atoms with Crippen LogP contribution in [0.5, 0.6) is 0 Å². The van der Waals surface area contributed by atoms with E-state index < -0.39 is 5.97 Å². The molecule has 2 saturated heterocycles.